The minimum Gasteiger partial charge on any atom is -0.358 e. The van der Waals surface area contributed by atoms with Gasteiger partial charge in [-0.3, -0.25) is 4.79 Å². The van der Waals surface area contributed by atoms with Gasteiger partial charge in [0.25, 0.3) is 0 Å². The molecule has 2 aromatic carbocycles. The number of hydrogen-bond donors (Lipinski definition) is 1. The number of benzene rings is 2. The molecular weight excluding hydrogens is 349 g/mol. The number of H-pyrrole nitrogens is 1. The van der Waals surface area contributed by atoms with Gasteiger partial charge in [0.05, 0.1) is 5.56 Å². The monoisotopic (exact) mass is 361 g/mol. The first-order chi connectivity index (χ1) is 9.16. The second kappa shape index (κ2) is 4.81. The highest BCUT2D eigenvalue weighted by Crippen LogP contribution is 2.25. The Hall–Kier alpha value is -1.62. The second-order valence-corrected chi connectivity index (χ2v) is 5.76. The van der Waals surface area contributed by atoms with Crippen molar-refractivity contribution in [1.29, 1.82) is 0 Å². The van der Waals surface area contributed by atoms with Crippen LogP contribution in [0.25, 0.3) is 10.9 Å². The minimum absolute atomic E-state index is 0.0773. The van der Waals surface area contributed by atoms with Crippen molar-refractivity contribution < 1.29 is 4.79 Å². The van der Waals surface area contributed by atoms with E-state index in [0.29, 0.717) is 0 Å². The number of rotatable bonds is 2. The number of hydrogen-bond acceptors (Lipinski definition) is 1. The van der Waals surface area contributed by atoms with Crippen LogP contribution in [-0.4, -0.2) is 10.8 Å². The summed E-state index contributed by atoms with van der Waals surface area (Å²) in [6, 6.07) is 15.6. The van der Waals surface area contributed by atoms with Gasteiger partial charge in [-0.1, -0.05) is 30.3 Å². The van der Waals surface area contributed by atoms with Crippen LogP contribution < -0.4 is 0 Å². The average molecular weight is 361 g/mol. The van der Waals surface area contributed by atoms with E-state index in [4.69, 9.17) is 0 Å². The molecule has 0 unspecified atom stereocenters. The van der Waals surface area contributed by atoms with E-state index in [2.05, 4.69) is 27.6 Å². The SMILES string of the molecule is Cc1[nH]c2ccccc2c1C(=O)c1cccc(I)c1. The number of para-hydroxylation sites is 1. The minimum atomic E-state index is 0.0773. The first kappa shape index (κ1) is 12.4. The van der Waals surface area contributed by atoms with Crippen LogP contribution >= 0.6 is 22.6 Å². The van der Waals surface area contributed by atoms with Gasteiger partial charge in [-0.15, -0.1) is 0 Å². The van der Waals surface area contributed by atoms with E-state index < -0.39 is 0 Å². The summed E-state index contributed by atoms with van der Waals surface area (Å²) in [5, 5.41) is 0.990. The molecule has 3 rings (SSSR count). The fourth-order valence-corrected chi connectivity index (χ4v) is 2.89. The fourth-order valence-electron chi connectivity index (χ4n) is 2.34. The highest BCUT2D eigenvalue weighted by molar-refractivity contribution is 14.1. The summed E-state index contributed by atoms with van der Waals surface area (Å²) in [6.07, 6.45) is 0. The lowest BCUT2D eigenvalue weighted by molar-refractivity contribution is 0.103. The molecule has 0 aliphatic heterocycles. The summed E-state index contributed by atoms with van der Waals surface area (Å²) in [4.78, 5) is 15.9. The topological polar surface area (TPSA) is 32.9 Å². The summed E-state index contributed by atoms with van der Waals surface area (Å²) in [7, 11) is 0. The summed E-state index contributed by atoms with van der Waals surface area (Å²) in [6.45, 7) is 1.95. The van der Waals surface area contributed by atoms with Crippen molar-refractivity contribution in [3.8, 4) is 0 Å². The zero-order chi connectivity index (χ0) is 13.4. The molecule has 3 aromatic rings. The molecule has 2 nitrogen and oxygen atoms in total. The van der Waals surface area contributed by atoms with E-state index in [0.717, 1.165) is 31.3 Å². The molecule has 0 radical (unpaired) electrons. The maximum Gasteiger partial charge on any atom is 0.195 e. The van der Waals surface area contributed by atoms with Crippen molar-refractivity contribution in [3.05, 3.63) is 68.9 Å². The number of carbonyl (C=O) groups is 1. The highest BCUT2D eigenvalue weighted by Gasteiger charge is 2.17. The molecule has 3 heteroatoms. The summed E-state index contributed by atoms with van der Waals surface area (Å²) >= 11 is 2.22. The van der Waals surface area contributed by atoms with E-state index in [1.165, 1.54) is 0 Å². The number of aromatic nitrogens is 1. The van der Waals surface area contributed by atoms with Crippen molar-refractivity contribution in [1.82, 2.24) is 4.98 Å². The molecule has 0 spiro atoms. The number of ketones is 1. The molecule has 1 aromatic heterocycles. The number of aryl methyl sites for hydroxylation is 1. The van der Waals surface area contributed by atoms with E-state index >= 15 is 0 Å². The molecule has 0 fully saturated rings. The molecule has 1 heterocycles. The molecule has 0 saturated heterocycles. The van der Waals surface area contributed by atoms with Crippen LogP contribution in [-0.2, 0) is 0 Å². The maximum absolute atomic E-state index is 12.7. The van der Waals surface area contributed by atoms with Crippen molar-refractivity contribution in [3.63, 3.8) is 0 Å². The highest BCUT2D eigenvalue weighted by atomic mass is 127. The molecule has 0 bridgehead atoms. The number of nitrogens with one attached hydrogen (secondary N) is 1. The lowest BCUT2D eigenvalue weighted by Crippen LogP contribution is -2.02. The van der Waals surface area contributed by atoms with Crippen LogP contribution in [0.2, 0.25) is 0 Å². The Balaban J connectivity index is 2.19. The van der Waals surface area contributed by atoms with Crippen LogP contribution in [0.1, 0.15) is 21.6 Å². The molecule has 0 atom stereocenters. The van der Waals surface area contributed by atoms with Crippen molar-refractivity contribution in [2.45, 2.75) is 6.92 Å². The maximum atomic E-state index is 12.7. The standard InChI is InChI=1S/C16H12INO/c1-10-15(13-7-2-3-8-14(13)18-10)16(19)11-5-4-6-12(17)9-11/h2-9,18H,1H3. The van der Waals surface area contributed by atoms with Gasteiger partial charge < -0.3 is 4.98 Å². The van der Waals surface area contributed by atoms with E-state index in [1.54, 1.807) is 0 Å². The quantitative estimate of drug-likeness (QED) is 0.536. The predicted molar refractivity (Wildman–Crippen MR) is 85.6 cm³/mol. The number of carbonyl (C=O) groups excluding carboxylic acids is 1. The van der Waals surface area contributed by atoms with Crippen LogP contribution in [0.5, 0.6) is 0 Å². The Labute approximate surface area is 125 Å². The van der Waals surface area contributed by atoms with Crippen LogP contribution in [0.15, 0.2) is 48.5 Å². The van der Waals surface area contributed by atoms with Gasteiger partial charge in [-0.25, -0.2) is 0 Å². The van der Waals surface area contributed by atoms with E-state index in [-0.39, 0.29) is 5.78 Å². The van der Waals surface area contributed by atoms with Gasteiger partial charge in [0.1, 0.15) is 0 Å². The van der Waals surface area contributed by atoms with Crippen LogP contribution in [0.3, 0.4) is 0 Å². The summed E-state index contributed by atoms with van der Waals surface area (Å²) < 4.78 is 1.07. The molecule has 0 aliphatic rings. The van der Waals surface area contributed by atoms with E-state index in [9.17, 15) is 4.79 Å². The van der Waals surface area contributed by atoms with Gasteiger partial charge in [0.2, 0.25) is 0 Å². The zero-order valence-corrected chi connectivity index (χ0v) is 12.6. The van der Waals surface area contributed by atoms with Crippen molar-refractivity contribution in [2.24, 2.45) is 0 Å². The van der Waals surface area contributed by atoms with Crippen LogP contribution in [0, 0.1) is 10.5 Å². The third-order valence-corrected chi connectivity index (χ3v) is 3.88. The largest absolute Gasteiger partial charge is 0.358 e. The number of fused-ring (bicyclic) bond motifs is 1. The van der Waals surface area contributed by atoms with Gasteiger partial charge in [-0.05, 0) is 47.7 Å². The summed E-state index contributed by atoms with van der Waals surface area (Å²) in [5.74, 6) is 0.0773. The Morgan fingerprint density at radius 1 is 1.11 bits per heavy atom. The fraction of sp³-hybridized carbons (Fsp3) is 0.0625. The molecule has 0 aliphatic carbocycles. The lowest BCUT2D eigenvalue weighted by atomic mass is 10.0. The number of aromatic amines is 1. The van der Waals surface area contributed by atoms with Gasteiger partial charge in [0.15, 0.2) is 5.78 Å². The van der Waals surface area contributed by atoms with Gasteiger partial charge >= 0.3 is 0 Å². The van der Waals surface area contributed by atoms with Crippen LogP contribution in [0.4, 0.5) is 0 Å². The number of halogens is 1. The molecular formula is C16H12INO. The van der Waals surface area contributed by atoms with Gasteiger partial charge in [0, 0.05) is 25.7 Å². The predicted octanol–water partition coefficient (Wildman–Crippen LogP) is 4.31. The first-order valence-corrected chi connectivity index (χ1v) is 7.12. The normalized spacial score (nSPS) is 10.8. The summed E-state index contributed by atoms with van der Waals surface area (Å²) in [5.41, 5.74) is 3.44. The Morgan fingerprint density at radius 3 is 2.68 bits per heavy atom. The molecule has 19 heavy (non-hydrogen) atoms. The van der Waals surface area contributed by atoms with Crippen molar-refractivity contribution >= 4 is 39.3 Å². The smallest absolute Gasteiger partial charge is 0.195 e. The third-order valence-electron chi connectivity index (χ3n) is 3.21. The molecule has 94 valence electrons. The molecule has 1 N–H and O–H groups in total. The first-order valence-electron chi connectivity index (χ1n) is 6.04. The average Bonchev–Trinajstić information content (AvgIpc) is 2.74. The third kappa shape index (κ3) is 2.18. The van der Waals surface area contributed by atoms with Crippen molar-refractivity contribution in [2.75, 3.05) is 0 Å². The van der Waals surface area contributed by atoms with E-state index in [1.807, 2.05) is 55.5 Å². The lowest BCUT2D eigenvalue weighted by Gasteiger charge is -2.02. The zero-order valence-electron chi connectivity index (χ0n) is 10.4. The Morgan fingerprint density at radius 2 is 1.89 bits per heavy atom. The van der Waals surface area contributed by atoms with Gasteiger partial charge in [-0.2, -0.15) is 0 Å². The molecule has 0 saturated carbocycles. The Kier molecular flexibility index (Phi) is 3.14. The Bertz CT molecular complexity index is 773. The second-order valence-electron chi connectivity index (χ2n) is 4.51. The molecule has 0 amide bonds.